The topological polar surface area (TPSA) is 127 Å². The number of piperidine rings is 1. The van der Waals surface area contributed by atoms with Gasteiger partial charge in [-0.15, -0.1) is 5.10 Å². The van der Waals surface area contributed by atoms with Gasteiger partial charge in [-0.25, -0.2) is 0 Å². The number of likely N-dealkylation sites (tertiary alicyclic amines) is 2. The average Bonchev–Trinajstić information content (AvgIpc) is 3.68. The molecule has 1 aromatic heterocycles. The molecule has 0 saturated carbocycles. The number of hydrogen-bond acceptors (Lipinski definition) is 7. The van der Waals surface area contributed by atoms with E-state index in [1.807, 2.05) is 69.4 Å². The minimum atomic E-state index is -0.937. The number of ether oxygens (including phenoxy) is 1. The van der Waals surface area contributed by atoms with Gasteiger partial charge in [-0.05, 0) is 61.7 Å². The van der Waals surface area contributed by atoms with Crippen molar-refractivity contribution in [3.05, 3.63) is 71.5 Å². The Morgan fingerprint density at radius 1 is 1.05 bits per heavy atom. The van der Waals surface area contributed by atoms with E-state index in [0.29, 0.717) is 64.3 Å². The average molecular weight is 570 g/mol. The smallest absolute Gasteiger partial charge is 0.240 e. The Hall–Kier alpha value is -4.25. The van der Waals surface area contributed by atoms with E-state index in [0.717, 1.165) is 28.9 Å². The van der Waals surface area contributed by atoms with Crippen LogP contribution in [0, 0.1) is 5.92 Å². The Bertz CT molecular complexity index is 1530. The number of benzene rings is 2. The van der Waals surface area contributed by atoms with Gasteiger partial charge >= 0.3 is 0 Å². The summed E-state index contributed by atoms with van der Waals surface area (Å²) in [6.07, 6.45) is 4.47. The lowest BCUT2D eigenvalue weighted by molar-refractivity contribution is -0.139. The quantitative estimate of drug-likeness (QED) is 0.511. The first-order chi connectivity index (χ1) is 20.4. The molecular weight excluding hydrogens is 534 g/mol. The number of amides is 3. The predicted molar refractivity (Wildman–Crippen MR) is 153 cm³/mol. The second-order valence-electron chi connectivity index (χ2n) is 11.8. The summed E-state index contributed by atoms with van der Waals surface area (Å²) in [5, 5.41) is 8.65. The summed E-state index contributed by atoms with van der Waals surface area (Å²) >= 11 is 0. The van der Waals surface area contributed by atoms with Crippen molar-refractivity contribution in [2.75, 3.05) is 37.7 Å². The highest BCUT2D eigenvalue weighted by atomic mass is 16.5. The number of aromatic nitrogens is 3. The molecule has 2 fully saturated rings. The van der Waals surface area contributed by atoms with Gasteiger partial charge in [0.25, 0.3) is 0 Å². The number of carbonyl (C=O) groups excluding carboxylic acids is 3. The van der Waals surface area contributed by atoms with Crippen molar-refractivity contribution in [2.45, 2.75) is 50.2 Å². The Morgan fingerprint density at radius 3 is 2.71 bits per heavy atom. The van der Waals surface area contributed by atoms with Gasteiger partial charge < -0.3 is 20.3 Å². The van der Waals surface area contributed by atoms with Crippen LogP contribution < -0.4 is 15.4 Å². The zero-order valence-electron chi connectivity index (χ0n) is 23.5. The third-order valence-electron chi connectivity index (χ3n) is 9.31. The number of anilines is 1. The molecule has 2 saturated heterocycles. The first-order valence-electron chi connectivity index (χ1n) is 14.8. The summed E-state index contributed by atoms with van der Waals surface area (Å²) < 4.78 is 7.94. The third-order valence-corrected chi connectivity index (χ3v) is 9.31. The molecule has 4 aliphatic heterocycles. The molecule has 4 aliphatic rings. The van der Waals surface area contributed by atoms with Gasteiger partial charge in [0.2, 0.25) is 17.7 Å². The van der Waals surface area contributed by atoms with E-state index in [4.69, 9.17) is 10.5 Å². The maximum absolute atomic E-state index is 14.8. The van der Waals surface area contributed by atoms with Crippen LogP contribution in [0.5, 0.6) is 5.75 Å². The van der Waals surface area contributed by atoms with Crippen molar-refractivity contribution in [3.63, 3.8) is 0 Å². The van der Waals surface area contributed by atoms with E-state index in [9.17, 15) is 14.4 Å². The van der Waals surface area contributed by atoms with Crippen LogP contribution in [0.2, 0.25) is 0 Å². The number of rotatable bonds is 3. The van der Waals surface area contributed by atoms with Crippen LogP contribution in [0.25, 0.3) is 0 Å². The van der Waals surface area contributed by atoms with Gasteiger partial charge in [0.15, 0.2) is 0 Å². The van der Waals surface area contributed by atoms with Crippen molar-refractivity contribution in [1.29, 1.82) is 0 Å². The van der Waals surface area contributed by atoms with Gasteiger partial charge in [0.1, 0.15) is 16.9 Å². The summed E-state index contributed by atoms with van der Waals surface area (Å²) in [6, 6.07) is 15.4. The largest absolute Gasteiger partial charge is 0.494 e. The number of para-hydroxylation sites is 1. The third kappa shape index (κ3) is 4.43. The van der Waals surface area contributed by atoms with Crippen LogP contribution in [0.15, 0.2) is 54.7 Å². The molecule has 3 aromatic rings. The van der Waals surface area contributed by atoms with Crippen LogP contribution in [0.1, 0.15) is 48.5 Å². The van der Waals surface area contributed by atoms with E-state index in [1.165, 1.54) is 0 Å². The Balaban J connectivity index is 1.30. The molecule has 2 aromatic carbocycles. The van der Waals surface area contributed by atoms with Crippen molar-refractivity contribution < 1.29 is 19.1 Å². The van der Waals surface area contributed by atoms with Gasteiger partial charge in [-0.1, -0.05) is 35.5 Å². The zero-order valence-corrected chi connectivity index (χ0v) is 23.5. The molecule has 2 atom stereocenters. The van der Waals surface area contributed by atoms with Crippen LogP contribution in [-0.2, 0) is 32.9 Å². The first-order valence-corrected chi connectivity index (χ1v) is 14.8. The Kier molecular flexibility index (Phi) is 6.69. The maximum atomic E-state index is 14.8. The summed E-state index contributed by atoms with van der Waals surface area (Å²) in [5.41, 5.74) is 7.89. The molecule has 0 unspecified atom stereocenters. The van der Waals surface area contributed by atoms with Crippen molar-refractivity contribution in [2.24, 2.45) is 11.7 Å². The van der Waals surface area contributed by atoms with Gasteiger partial charge in [-0.2, -0.15) is 0 Å². The molecule has 5 heterocycles. The summed E-state index contributed by atoms with van der Waals surface area (Å²) in [7, 11) is 0. The standard InChI is InChI=1S/C31H35N7O4/c32-27(39)20-35-13-9-21(10-14-35)29(40)37-15-11-31-25-7-1-2-8-26(25)38(30(31)41)19-23-18-36(34-33-23)12-4-16-42-24-6-3-5-22(17-24)28(31)37/h1-3,5-8,17-18,21,28H,4,9-16,19-20H2,(H2,32,39)/t28-,31-/m1/s1. The fourth-order valence-corrected chi connectivity index (χ4v) is 7.41. The normalized spacial score (nSPS) is 24.4. The maximum Gasteiger partial charge on any atom is 0.240 e. The van der Waals surface area contributed by atoms with Gasteiger partial charge in [0, 0.05) is 31.1 Å². The zero-order chi connectivity index (χ0) is 28.8. The molecule has 1 spiro atoms. The highest BCUT2D eigenvalue weighted by Crippen LogP contribution is 2.57. The fourth-order valence-electron chi connectivity index (χ4n) is 7.41. The highest BCUT2D eigenvalue weighted by molar-refractivity contribution is 6.09. The lowest BCUT2D eigenvalue weighted by Gasteiger charge is -2.38. The second kappa shape index (κ2) is 10.5. The second-order valence-corrected chi connectivity index (χ2v) is 11.8. The van der Waals surface area contributed by atoms with Crippen LogP contribution in [-0.4, -0.2) is 75.3 Å². The van der Waals surface area contributed by atoms with E-state index in [2.05, 4.69) is 10.3 Å². The van der Waals surface area contributed by atoms with Gasteiger partial charge in [-0.3, -0.25) is 24.0 Å². The minimum absolute atomic E-state index is 0.0176. The van der Waals surface area contributed by atoms with E-state index < -0.39 is 11.5 Å². The van der Waals surface area contributed by atoms with Crippen LogP contribution in [0.4, 0.5) is 5.69 Å². The number of carbonyl (C=O) groups is 3. The van der Waals surface area contributed by atoms with Crippen molar-refractivity contribution in [1.82, 2.24) is 24.8 Å². The molecule has 11 nitrogen and oxygen atoms in total. The van der Waals surface area contributed by atoms with Crippen LogP contribution >= 0.6 is 0 Å². The number of hydrogen-bond donors (Lipinski definition) is 1. The lowest BCUT2D eigenvalue weighted by Crippen LogP contribution is -2.48. The Labute approximate surface area is 244 Å². The lowest BCUT2D eigenvalue weighted by atomic mass is 9.72. The van der Waals surface area contributed by atoms with Gasteiger partial charge in [0.05, 0.1) is 31.9 Å². The number of primary amides is 1. The molecule has 6 bridgehead atoms. The molecule has 3 amide bonds. The predicted octanol–water partition coefficient (Wildman–Crippen LogP) is 2.02. The van der Waals surface area contributed by atoms with Crippen LogP contribution in [0.3, 0.4) is 0 Å². The number of nitrogens with two attached hydrogens (primary N) is 1. The molecule has 218 valence electrons. The Morgan fingerprint density at radius 2 is 1.88 bits per heavy atom. The van der Waals surface area contributed by atoms with E-state index in [1.54, 1.807) is 4.68 Å². The number of fused-ring (bicyclic) bond motifs is 8. The molecule has 11 heteroatoms. The van der Waals surface area contributed by atoms with E-state index >= 15 is 0 Å². The van der Waals surface area contributed by atoms with Crippen molar-refractivity contribution >= 4 is 23.4 Å². The summed E-state index contributed by atoms with van der Waals surface area (Å²) in [4.78, 5) is 46.3. The summed E-state index contributed by atoms with van der Waals surface area (Å²) in [5.74, 6) is 0.219. The molecule has 2 N–H and O–H groups in total. The van der Waals surface area contributed by atoms with E-state index in [-0.39, 0.29) is 30.2 Å². The highest BCUT2D eigenvalue weighted by Gasteiger charge is 2.62. The molecule has 0 aliphatic carbocycles. The first kappa shape index (κ1) is 26.6. The van der Waals surface area contributed by atoms with Crippen molar-refractivity contribution in [3.8, 4) is 5.75 Å². The monoisotopic (exact) mass is 569 g/mol. The molecule has 0 radical (unpaired) electrons. The minimum Gasteiger partial charge on any atom is -0.494 e. The summed E-state index contributed by atoms with van der Waals surface area (Å²) in [6.45, 7) is 3.44. The number of aryl methyl sites for hydroxylation is 1. The fraction of sp³-hybridized carbons (Fsp3) is 0.452. The number of nitrogens with zero attached hydrogens (tertiary/aromatic N) is 6. The molecule has 7 rings (SSSR count). The molecule has 42 heavy (non-hydrogen) atoms. The SMILES string of the molecule is NC(=O)CN1CCC(C(=O)N2CC[C@]34C(=O)N(Cc5cn(nn5)CCCOc5cccc(c5)[C@@H]23)c2ccccc24)CC1. The molecular formula is C31H35N7O4.